The number of morpholine rings is 1. The molecule has 0 spiro atoms. The van der Waals surface area contributed by atoms with E-state index in [2.05, 4.69) is 9.88 Å². The quantitative estimate of drug-likeness (QED) is 0.724. The average Bonchev–Trinajstić information content (AvgIpc) is 3.21. The number of pyridine rings is 1. The highest BCUT2D eigenvalue weighted by Crippen LogP contribution is 2.36. The van der Waals surface area contributed by atoms with Crippen molar-refractivity contribution in [3.63, 3.8) is 0 Å². The first kappa shape index (κ1) is 18.8. The summed E-state index contributed by atoms with van der Waals surface area (Å²) in [5.74, 6) is 0.0379. The third-order valence-electron chi connectivity index (χ3n) is 5.24. The Labute approximate surface area is 163 Å². The Hall–Kier alpha value is -2.58. The Kier molecular flexibility index (Phi) is 4.76. The van der Waals surface area contributed by atoms with Crippen LogP contribution >= 0.6 is 0 Å². The smallest absolute Gasteiger partial charge is 0.274 e. The van der Waals surface area contributed by atoms with Gasteiger partial charge < -0.3 is 19.2 Å². The van der Waals surface area contributed by atoms with Crippen molar-refractivity contribution in [1.29, 1.82) is 0 Å². The van der Waals surface area contributed by atoms with Gasteiger partial charge in [-0.05, 0) is 24.3 Å². The predicted octanol–water partition coefficient (Wildman–Crippen LogP) is 2.16. The maximum atomic E-state index is 12.5. The van der Waals surface area contributed by atoms with Gasteiger partial charge in [-0.15, -0.1) is 0 Å². The third-order valence-corrected chi connectivity index (χ3v) is 6.98. The van der Waals surface area contributed by atoms with E-state index in [9.17, 15) is 13.2 Å². The lowest BCUT2D eigenvalue weighted by Gasteiger charge is -2.31. The first-order chi connectivity index (χ1) is 13.4. The second-order valence-electron chi connectivity index (χ2n) is 6.91. The van der Waals surface area contributed by atoms with Gasteiger partial charge in [0.25, 0.3) is 5.56 Å². The molecule has 28 heavy (non-hydrogen) atoms. The first-order valence-corrected chi connectivity index (χ1v) is 10.9. The van der Waals surface area contributed by atoms with Crippen LogP contribution in [-0.4, -0.2) is 50.0 Å². The number of benzene rings is 1. The molecule has 7 nitrogen and oxygen atoms in total. The summed E-state index contributed by atoms with van der Waals surface area (Å²) in [7, 11) is -1.65. The van der Waals surface area contributed by atoms with Gasteiger partial charge in [-0.2, -0.15) is 0 Å². The summed E-state index contributed by atoms with van der Waals surface area (Å²) in [6.07, 6.45) is 3.51. The van der Waals surface area contributed by atoms with Crippen LogP contribution in [0, 0.1) is 0 Å². The lowest BCUT2D eigenvalue weighted by Crippen LogP contribution is -2.36. The first-order valence-electron chi connectivity index (χ1n) is 9.29. The molecule has 4 rings (SSSR count). The molecule has 148 valence electrons. The second kappa shape index (κ2) is 7.10. The molecule has 1 aliphatic heterocycles. The van der Waals surface area contributed by atoms with E-state index in [1.807, 2.05) is 12.1 Å². The minimum absolute atomic E-state index is 0.0379. The number of aryl methyl sites for hydroxylation is 1. The summed E-state index contributed by atoms with van der Waals surface area (Å²) < 4.78 is 32.0. The second-order valence-corrected chi connectivity index (χ2v) is 9.19. The molecular formula is C20H23N3O4S. The summed E-state index contributed by atoms with van der Waals surface area (Å²) in [4.78, 5) is 17.9. The van der Waals surface area contributed by atoms with Gasteiger partial charge in [0.1, 0.15) is 5.52 Å². The maximum absolute atomic E-state index is 12.5. The molecule has 0 aliphatic carbocycles. The molecule has 0 atom stereocenters. The van der Waals surface area contributed by atoms with Crippen molar-refractivity contribution in [2.75, 3.05) is 37.0 Å². The van der Waals surface area contributed by atoms with Crippen LogP contribution in [-0.2, 0) is 21.6 Å². The molecule has 1 aromatic carbocycles. The van der Waals surface area contributed by atoms with Crippen LogP contribution in [0.4, 0.5) is 5.69 Å². The van der Waals surface area contributed by atoms with Crippen LogP contribution in [0.25, 0.3) is 22.0 Å². The molecule has 1 saturated heterocycles. The summed E-state index contributed by atoms with van der Waals surface area (Å²) in [6, 6.07) is 7.13. The monoisotopic (exact) mass is 401 g/mol. The number of H-pyrrole nitrogens is 1. The predicted molar refractivity (Wildman–Crippen MR) is 110 cm³/mol. The average molecular weight is 401 g/mol. The molecular weight excluding hydrogens is 378 g/mol. The largest absolute Gasteiger partial charge is 0.378 e. The van der Waals surface area contributed by atoms with E-state index in [-0.39, 0.29) is 11.3 Å². The number of sulfone groups is 1. The number of nitrogens with zero attached hydrogens (tertiary/aromatic N) is 2. The van der Waals surface area contributed by atoms with Crippen molar-refractivity contribution in [3.05, 3.63) is 47.0 Å². The van der Waals surface area contributed by atoms with Gasteiger partial charge in [0.05, 0.1) is 23.9 Å². The third kappa shape index (κ3) is 3.12. The van der Waals surface area contributed by atoms with Crippen LogP contribution in [0.1, 0.15) is 6.92 Å². The van der Waals surface area contributed by atoms with Crippen molar-refractivity contribution >= 4 is 26.4 Å². The molecule has 0 amide bonds. The summed E-state index contributed by atoms with van der Waals surface area (Å²) in [6.45, 7) is 4.36. The van der Waals surface area contributed by atoms with Crippen LogP contribution in [0.5, 0.6) is 0 Å². The molecule has 0 unspecified atom stereocenters. The molecule has 0 radical (unpaired) electrons. The zero-order valence-electron chi connectivity index (χ0n) is 15.9. The van der Waals surface area contributed by atoms with E-state index in [4.69, 9.17) is 4.74 Å². The van der Waals surface area contributed by atoms with E-state index < -0.39 is 9.84 Å². The minimum atomic E-state index is -3.35. The van der Waals surface area contributed by atoms with E-state index in [1.54, 1.807) is 38.5 Å². The molecule has 3 aromatic rings. The van der Waals surface area contributed by atoms with E-state index in [1.165, 1.54) is 4.57 Å². The lowest BCUT2D eigenvalue weighted by molar-refractivity contribution is 0.123. The number of rotatable bonds is 4. The SMILES string of the molecule is CCS(=O)(=O)c1ccc(N2CCOCC2)c(-c2cn(C)c(=O)c3[nH]ccc23)c1. The molecule has 0 saturated carbocycles. The number of fused-ring (bicyclic) bond motifs is 1. The zero-order chi connectivity index (χ0) is 19.9. The van der Waals surface area contributed by atoms with Crippen molar-refractivity contribution < 1.29 is 13.2 Å². The van der Waals surface area contributed by atoms with Gasteiger partial charge in [0.15, 0.2) is 9.84 Å². The molecule has 1 aliphatic rings. The topological polar surface area (TPSA) is 84.4 Å². The Bertz CT molecular complexity index is 1190. The van der Waals surface area contributed by atoms with Crippen molar-refractivity contribution in [2.45, 2.75) is 11.8 Å². The Morgan fingerprint density at radius 2 is 1.89 bits per heavy atom. The number of anilines is 1. The van der Waals surface area contributed by atoms with E-state index >= 15 is 0 Å². The Morgan fingerprint density at radius 1 is 1.14 bits per heavy atom. The van der Waals surface area contributed by atoms with Crippen LogP contribution in [0.2, 0.25) is 0 Å². The molecule has 2 aromatic heterocycles. The fraction of sp³-hybridized carbons (Fsp3) is 0.350. The fourth-order valence-corrected chi connectivity index (χ4v) is 4.56. The number of ether oxygens (including phenoxy) is 1. The van der Waals surface area contributed by atoms with Gasteiger partial charge in [0.2, 0.25) is 0 Å². The zero-order valence-corrected chi connectivity index (χ0v) is 16.8. The maximum Gasteiger partial charge on any atom is 0.274 e. The van der Waals surface area contributed by atoms with Gasteiger partial charge in [-0.25, -0.2) is 8.42 Å². The van der Waals surface area contributed by atoms with Gasteiger partial charge >= 0.3 is 0 Å². The summed E-state index contributed by atoms with van der Waals surface area (Å²) in [5.41, 5.74) is 2.97. The van der Waals surface area contributed by atoms with Crippen LogP contribution in [0.15, 0.2) is 46.3 Å². The molecule has 3 heterocycles. The fourth-order valence-electron chi connectivity index (χ4n) is 3.65. The molecule has 1 fully saturated rings. The molecule has 1 N–H and O–H groups in total. The van der Waals surface area contributed by atoms with E-state index in [0.29, 0.717) is 23.6 Å². The van der Waals surface area contributed by atoms with Crippen LogP contribution in [0.3, 0.4) is 0 Å². The summed E-state index contributed by atoms with van der Waals surface area (Å²) in [5, 5.41) is 0.781. The lowest BCUT2D eigenvalue weighted by atomic mass is 10.0. The number of aromatic amines is 1. The van der Waals surface area contributed by atoms with Crippen molar-refractivity contribution in [3.8, 4) is 11.1 Å². The molecule has 8 heteroatoms. The highest BCUT2D eigenvalue weighted by Gasteiger charge is 2.22. The molecule has 0 bridgehead atoms. The van der Waals surface area contributed by atoms with Gasteiger partial charge in [-0.3, -0.25) is 4.79 Å². The number of nitrogens with one attached hydrogen (secondary N) is 1. The van der Waals surface area contributed by atoms with E-state index in [0.717, 1.165) is 35.3 Å². The highest BCUT2D eigenvalue weighted by molar-refractivity contribution is 7.91. The van der Waals surface area contributed by atoms with Gasteiger partial charge in [0, 0.05) is 54.7 Å². The normalized spacial score (nSPS) is 15.3. The summed E-state index contributed by atoms with van der Waals surface area (Å²) >= 11 is 0. The van der Waals surface area contributed by atoms with Crippen molar-refractivity contribution in [1.82, 2.24) is 9.55 Å². The Morgan fingerprint density at radius 3 is 2.61 bits per heavy atom. The number of hydrogen-bond acceptors (Lipinski definition) is 5. The number of aromatic nitrogens is 2. The minimum Gasteiger partial charge on any atom is -0.378 e. The highest BCUT2D eigenvalue weighted by atomic mass is 32.2. The van der Waals surface area contributed by atoms with Crippen molar-refractivity contribution in [2.24, 2.45) is 7.05 Å². The number of hydrogen-bond donors (Lipinski definition) is 1. The van der Waals surface area contributed by atoms with Gasteiger partial charge in [-0.1, -0.05) is 6.92 Å². The van der Waals surface area contributed by atoms with Crippen LogP contribution < -0.4 is 10.5 Å². The standard InChI is InChI=1S/C20H23N3O4S/c1-3-28(25,26)14-4-5-18(23-8-10-27-11-9-23)16(12-14)17-13-22(2)20(24)19-15(17)6-7-21-19/h4-7,12-13,21H,3,8-11H2,1-2H3. The Balaban J connectivity index is 2.01.